The lowest BCUT2D eigenvalue weighted by atomic mass is 10.5. The van der Waals surface area contributed by atoms with Gasteiger partial charge in [-0.2, -0.15) is 0 Å². The molecule has 0 saturated heterocycles. The number of aromatic nitrogens is 2. The van der Waals surface area contributed by atoms with Gasteiger partial charge in [0.2, 0.25) is 0 Å². The molecule has 0 N–H and O–H groups in total. The summed E-state index contributed by atoms with van der Waals surface area (Å²) >= 11 is 10.9. The van der Waals surface area contributed by atoms with Gasteiger partial charge in [0.1, 0.15) is 0 Å². The van der Waals surface area contributed by atoms with Crippen molar-refractivity contribution in [3.8, 4) is 0 Å². The molecule has 0 atom stereocenters. The molecule has 0 radical (unpaired) electrons. The van der Waals surface area contributed by atoms with E-state index in [1.807, 2.05) is 0 Å². The van der Waals surface area contributed by atoms with Crippen LogP contribution in [-0.2, 0) is 6.54 Å². The summed E-state index contributed by atoms with van der Waals surface area (Å²) in [5.41, 5.74) is 1.07. The van der Waals surface area contributed by atoms with E-state index >= 15 is 0 Å². The van der Waals surface area contributed by atoms with Gasteiger partial charge in [-0.15, -0.1) is 0 Å². The van der Waals surface area contributed by atoms with Gasteiger partial charge >= 0.3 is 0 Å². The summed E-state index contributed by atoms with van der Waals surface area (Å²) in [5, 5.41) is 0.395. The van der Waals surface area contributed by atoms with Gasteiger partial charge in [0.25, 0.3) is 5.56 Å². The van der Waals surface area contributed by atoms with Gasteiger partial charge < -0.3 is 0 Å². The molecule has 0 aromatic carbocycles. The van der Waals surface area contributed by atoms with Gasteiger partial charge in [-0.3, -0.25) is 9.36 Å². The van der Waals surface area contributed by atoms with Gasteiger partial charge in [-0.25, -0.2) is 4.98 Å². The maximum Gasteiger partial charge on any atom is 0.253 e. The van der Waals surface area contributed by atoms with Gasteiger partial charge in [-0.05, 0) is 0 Å². The molecule has 1 aromatic rings. The minimum absolute atomic E-state index is 0.151. The van der Waals surface area contributed by atoms with Gasteiger partial charge in [0.05, 0.1) is 12.9 Å². The molecule has 12 heavy (non-hydrogen) atoms. The molecule has 0 aliphatic rings. The third kappa shape index (κ3) is 2.36. The van der Waals surface area contributed by atoms with Crippen LogP contribution < -0.4 is 5.56 Å². The van der Waals surface area contributed by atoms with E-state index in [1.54, 1.807) is 0 Å². The summed E-state index contributed by atoms with van der Waals surface area (Å²) in [6.45, 7) is 0.262. The Morgan fingerprint density at radius 2 is 2.50 bits per heavy atom. The summed E-state index contributed by atoms with van der Waals surface area (Å²) in [7, 11) is 0. The van der Waals surface area contributed by atoms with Crippen LogP contribution in [0, 0.1) is 0 Å². The molecule has 0 saturated carbocycles. The van der Waals surface area contributed by atoms with Crippen molar-refractivity contribution in [2.24, 2.45) is 0 Å². The van der Waals surface area contributed by atoms with Crippen molar-refractivity contribution in [1.29, 1.82) is 0 Å². The second kappa shape index (κ2) is 4.28. The highest BCUT2D eigenvalue weighted by molar-refractivity contribution is 6.36. The molecule has 0 bridgehead atoms. The van der Waals surface area contributed by atoms with E-state index in [0.717, 1.165) is 0 Å². The number of halogens is 2. The fraction of sp³-hybridized carbons (Fsp3) is 0.143. The molecular weight excluding hydrogens is 199 g/mol. The van der Waals surface area contributed by atoms with Crippen LogP contribution in [-0.4, -0.2) is 9.55 Å². The molecular formula is C7H6Cl2N2O. The van der Waals surface area contributed by atoms with Gasteiger partial charge in [0, 0.05) is 22.8 Å². The van der Waals surface area contributed by atoms with E-state index < -0.39 is 0 Å². The summed E-state index contributed by atoms with van der Waals surface area (Å²) in [6, 6.07) is 1.36. The zero-order valence-electron chi connectivity index (χ0n) is 6.08. The molecule has 1 heterocycles. The fourth-order valence-electron chi connectivity index (χ4n) is 0.694. The first kappa shape index (κ1) is 9.29. The lowest BCUT2D eigenvalue weighted by molar-refractivity contribution is 0.745. The molecule has 0 spiro atoms. The minimum atomic E-state index is -0.151. The summed E-state index contributed by atoms with van der Waals surface area (Å²) < 4.78 is 1.36. The topological polar surface area (TPSA) is 34.9 Å². The third-order valence-corrected chi connectivity index (χ3v) is 1.84. The Hall–Kier alpha value is -0.800. The maximum atomic E-state index is 11.1. The molecule has 5 heteroatoms. The fourth-order valence-corrected chi connectivity index (χ4v) is 0.892. The first-order valence-electron chi connectivity index (χ1n) is 3.19. The van der Waals surface area contributed by atoms with Crippen molar-refractivity contribution in [2.75, 3.05) is 0 Å². The zero-order valence-corrected chi connectivity index (χ0v) is 7.59. The Morgan fingerprint density at radius 3 is 3.08 bits per heavy atom. The van der Waals surface area contributed by atoms with E-state index in [4.69, 9.17) is 23.2 Å². The summed E-state index contributed by atoms with van der Waals surface area (Å²) in [4.78, 5) is 14.8. The van der Waals surface area contributed by atoms with Crippen LogP contribution in [0.4, 0.5) is 0 Å². The number of allylic oxidation sites excluding steroid dienone is 1. The van der Waals surface area contributed by atoms with E-state index in [2.05, 4.69) is 4.98 Å². The average Bonchev–Trinajstić information content (AvgIpc) is 2.09. The number of rotatable bonds is 2. The second-order valence-corrected chi connectivity index (χ2v) is 2.81. The van der Waals surface area contributed by atoms with E-state index in [-0.39, 0.29) is 12.1 Å². The monoisotopic (exact) mass is 204 g/mol. The van der Waals surface area contributed by atoms with Gasteiger partial charge in [-0.1, -0.05) is 23.2 Å². The van der Waals surface area contributed by atoms with Crippen molar-refractivity contribution in [3.63, 3.8) is 0 Å². The van der Waals surface area contributed by atoms with Crippen LogP contribution in [0.1, 0.15) is 0 Å². The molecule has 3 nitrogen and oxygen atoms in total. The predicted molar refractivity (Wildman–Crippen MR) is 48.3 cm³/mol. The first-order chi connectivity index (χ1) is 5.74. The molecule has 1 aromatic heterocycles. The zero-order chi connectivity index (χ0) is 8.97. The van der Waals surface area contributed by atoms with Crippen molar-refractivity contribution >= 4 is 23.2 Å². The first-order valence-corrected chi connectivity index (χ1v) is 4.00. The van der Waals surface area contributed by atoms with Crippen molar-refractivity contribution in [1.82, 2.24) is 9.55 Å². The van der Waals surface area contributed by atoms with Crippen molar-refractivity contribution in [2.45, 2.75) is 6.54 Å². The highest BCUT2D eigenvalue weighted by Gasteiger charge is 1.95. The SMILES string of the molecule is O=c1ccncn1C/C(Cl)=C\Cl. The van der Waals surface area contributed by atoms with Crippen molar-refractivity contribution < 1.29 is 0 Å². The number of hydrogen-bond acceptors (Lipinski definition) is 2. The van der Waals surface area contributed by atoms with Crippen LogP contribution >= 0.6 is 23.2 Å². The Bertz CT molecular complexity index is 345. The quantitative estimate of drug-likeness (QED) is 0.734. The minimum Gasteiger partial charge on any atom is -0.294 e. The molecule has 0 aliphatic heterocycles. The molecule has 0 amide bonds. The Balaban J connectivity index is 2.90. The smallest absolute Gasteiger partial charge is 0.253 e. The highest BCUT2D eigenvalue weighted by Crippen LogP contribution is 2.04. The van der Waals surface area contributed by atoms with E-state index in [9.17, 15) is 4.79 Å². The van der Waals surface area contributed by atoms with Crippen LogP contribution in [0.2, 0.25) is 0 Å². The summed E-state index contributed by atoms with van der Waals surface area (Å²) in [6.07, 6.45) is 2.84. The second-order valence-electron chi connectivity index (χ2n) is 2.10. The van der Waals surface area contributed by atoms with Crippen LogP contribution in [0.5, 0.6) is 0 Å². The lowest BCUT2D eigenvalue weighted by Gasteiger charge is -2.00. The lowest BCUT2D eigenvalue weighted by Crippen LogP contribution is -2.18. The Kier molecular flexibility index (Phi) is 3.31. The molecule has 1 rings (SSSR count). The molecule has 0 fully saturated rings. The molecule has 64 valence electrons. The maximum absolute atomic E-state index is 11.1. The predicted octanol–water partition coefficient (Wildman–Crippen LogP) is 1.56. The standard InChI is InChI=1S/C7H6Cl2N2O/c8-3-6(9)4-11-5-10-2-1-7(11)12/h1-3,5H,4H2/b6-3+. The van der Waals surface area contributed by atoms with E-state index in [0.29, 0.717) is 5.03 Å². The van der Waals surface area contributed by atoms with Gasteiger partial charge in [0.15, 0.2) is 0 Å². The van der Waals surface area contributed by atoms with E-state index in [1.165, 1.54) is 28.7 Å². The largest absolute Gasteiger partial charge is 0.294 e. The Morgan fingerprint density at radius 1 is 1.75 bits per heavy atom. The summed E-state index contributed by atoms with van der Waals surface area (Å²) in [5.74, 6) is 0. The normalized spacial score (nSPS) is 11.7. The third-order valence-electron chi connectivity index (χ3n) is 1.23. The number of hydrogen-bond donors (Lipinski definition) is 0. The molecule has 0 unspecified atom stereocenters. The number of nitrogens with zero attached hydrogens (tertiary/aromatic N) is 2. The average molecular weight is 205 g/mol. The molecule has 0 aliphatic carbocycles. The van der Waals surface area contributed by atoms with Crippen LogP contribution in [0.25, 0.3) is 0 Å². The van der Waals surface area contributed by atoms with Crippen LogP contribution in [0.3, 0.4) is 0 Å². The Labute approximate surface area is 79.3 Å². The highest BCUT2D eigenvalue weighted by atomic mass is 35.5. The van der Waals surface area contributed by atoms with Crippen molar-refractivity contribution in [3.05, 3.63) is 39.5 Å². The van der Waals surface area contributed by atoms with Crippen LogP contribution in [0.15, 0.2) is 34.0 Å².